The van der Waals surface area contributed by atoms with Gasteiger partial charge in [-0.05, 0) is 6.92 Å². The molecule has 0 aromatic carbocycles. The van der Waals surface area contributed by atoms with Crippen LogP contribution in [0.3, 0.4) is 0 Å². The van der Waals surface area contributed by atoms with E-state index in [-0.39, 0.29) is 0 Å². The molecule has 1 unspecified atom stereocenters. The predicted octanol–water partition coefficient (Wildman–Crippen LogP) is 0.916. The molecule has 17 heavy (non-hydrogen) atoms. The monoisotopic (exact) mass is 255 g/mol. The lowest BCUT2D eigenvalue weighted by Crippen LogP contribution is -2.48. The molecule has 0 bridgehead atoms. The van der Waals surface area contributed by atoms with Crippen molar-refractivity contribution in [1.29, 1.82) is 0 Å². The highest BCUT2D eigenvalue weighted by Gasteiger charge is 2.29. The molecule has 92 valence electrons. The van der Waals surface area contributed by atoms with Crippen LogP contribution in [-0.4, -0.2) is 29.1 Å². The minimum atomic E-state index is -0.461. The first-order chi connectivity index (χ1) is 8.06. The molecule has 0 saturated carbocycles. The average Bonchev–Trinajstić information content (AvgIpc) is 2.63. The predicted molar refractivity (Wildman–Crippen MR) is 66.8 cm³/mol. The van der Waals surface area contributed by atoms with Gasteiger partial charge in [0.15, 0.2) is 6.23 Å². The highest BCUT2D eigenvalue weighted by molar-refractivity contribution is 6.31. The van der Waals surface area contributed by atoms with E-state index in [0.29, 0.717) is 11.0 Å². The van der Waals surface area contributed by atoms with Crippen LogP contribution < -0.4 is 10.6 Å². The second-order valence-corrected chi connectivity index (χ2v) is 4.13. The van der Waals surface area contributed by atoms with Crippen LogP contribution in [0.1, 0.15) is 5.69 Å². The lowest BCUT2D eigenvalue weighted by Gasteiger charge is -2.32. The third-order valence-corrected chi connectivity index (χ3v) is 3.01. The van der Waals surface area contributed by atoms with Crippen molar-refractivity contribution in [2.24, 2.45) is 17.8 Å². The van der Waals surface area contributed by atoms with Gasteiger partial charge in [-0.15, -0.1) is 0 Å². The van der Waals surface area contributed by atoms with Gasteiger partial charge in [-0.1, -0.05) is 11.6 Å². The molecule has 2 heterocycles. The number of nitrogens with zero attached hydrogens (tertiary/aromatic N) is 4. The molecular weight excluding hydrogens is 242 g/mol. The van der Waals surface area contributed by atoms with Gasteiger partial charge in [0.1, 0.15) is 0 Å². The summed E-state index contributed by atoms with van der Waals surface area (Å²) in [6.45, 7) is 1.94. The molecule has 0 spiro atoms. The number of ether oxygens (including phenoxy) is 1. The smallest absolute Gasteiger partial charge is 0.203 e. The van der Waals surface area contributed by atoms with Crippen LogP contribution in [0.25, 0.3) is 0 Å². The fourth-order valence-corrected chi connectivity index (χ4v) is 1.92. The minimum absolute atomic E-state index is 0.331. The lowest BCUT2D eigenvalue weighted by atomic mass is 10.3. The van der Waals surface area contributed by atoms with Gasteiger partial charge in [0.2, 0.25) is 5.96 Å². The first kappa shape index (κ1) is 11.9. The van der Waals surface area contributed by atoms with E-state index < -0.39 is 6.23 Å². The van der Waals surface area contributed by atoms with Crippen LogP contribution in [-0.2, 0) is 11.8 Å². The molecule has 0 fully saturated rings. The first-order valence-corrected chi connectivity index (χ1v) is 5.43. The van der Waals surface area contributed by atoms with Crippen molar-refractivity contribution in [2.75, 3.05) is 12.0 Å². The van der Waals surface area contributed by atoms with Crippen LogP contribution in [0.15, 0.2) is 22.4 Å². The van der Waals surface area contributed by atoms with Gasteiger partial charge in [-0.3, -0.25) is 9.58 Å². The van der Waals surface area contributed by atoms with Crippen molar-refractivity contribution in [3.05, 3.63) is 23.1 Å². The van der Waals surface area contributed by atoms with Crippen molar-refractivity contribution in [3.63, 3.8) is 0 Å². The van der Waals surface area contributed by atoms with Gasteiger partial charge in [-0.25, -0.2) is 4.99 Å². The Bertz CT molecular complexity index is 493. The molecule has 1 aromatic rings. The van der Waals surface area contributed by atoms with E-state index in [1.54, 1.807) is 22.9 Å². The highest BCUT2D eigenvalue weighted by Crippen LogP contribution is 2.28. The number of aliphatic imine (C=N–C) groups is 1. The molecule has 2 N–H and O–H groups in total. The summed E-state index contributed by atoms with van der Waals surface area (Å²) < 4.78 is 7.08. The summed E-state index contributed by atoms with van der Waals surface area (Å²) in [4.78, 5) is 5.74. The van der Waals surface area contributed by atoms with Crippen molar-refractivity contribution in [2.45, 2.75) is 13.2 Å². The molecule has 2 rings (SSSR count). The number of aromatic nitrogens is 2. The molecular formula is C10H14ClN5O. The minimum Gasteiger partial charge on any atom is -0.369 e. The van der Waals surface area contributed by atoms with Crippen LogP contribution in [0.4, 0.5) is 5.69 Å². The molecule has 1 atom stereocenters. The molecule has 0 radical (unpaired) electrons. The van der Waals surface area contributed by atoms with E-state index in [4.69, 9.17) is 22.1 Å². The van der Waals surface area contributed by atoms with E-state index in [9.17, 15) is 0 Å². The number of guanidine groups is 1. The number of nitrogens with two attached hydrogens (primary N) is 1. The van der Waals surface area contributed by atoms with Gasteiger partial charge in [0.25, 0.3) is 0 Å². The van der Waals surface area contributed by atoms with Crippen LogP contribution in [0.5, 0.6) is 0 Å². The Balaban J connectivity index is 2.46. The van der Waals surface area contributed by atoms with Crippen LogP contribution in [0.2, 0.25) is 0 Å². The van der Waals surface area contributed by atoms with Crippen molar-refractivity contribution >= 4 is 23.2 Å². The number of rotatable bonds is 2. The molecule has 0 aliphatic carbocycles. The van der Waals surface area contributed by atoms with E-state index in [0.717, 1.165) is 11.4 Å². The van der Waals surface area contributed by atoms with Crippen LogP contribution in [0, 0.1) is 6.92 Å². The molecule has 1 aliphatic rings. The summed E-state index contributed by atoms with van der Waals surface area (Å²) in [5, 5.41) is 4.64. The lowest BCUT2D eigenvalue weighted by molar-refractivity contribution is 0.143. The molecule has 0 amide bonds. The summed E-state index contributed by atoms with van der Waals surface area (Å²) in [6, 6.07) is 0. The summed E-state index contributed by atoms with van der Waals surface area (Å²) >= 11 is 6.06. The SMILES string of the molecule is COC1C(Cl)=CN=C(N)N1c1cnn(C)c1C. The topological polar surface area (TPSA) is 68.7 Å². The molecule has 7 heteroatoms. The number of anilines is 1. The van der Waals surface area contributed by atoms with Gasteiger partial charge >= 0.3 is 0 Å². The zero-order valence-corrected chi connectivity index (χ0v) is 10.6. The van der Waals surface area contributed by atoms with Gasteiger partial charge in [0.05, 0.1) is 22.6 Å². The Morgan fingerprint density at radius 3 is 2.76 bits per heavy atom. The summed E-state index contributed by atoms with van der Waals surface area (Å²) in [7, 11) is 3.42. The Kier molecular flexibility index (Phi) is 3.08. The van der Waals surface area contributed by atoms with E-state index in [1.165, 1.54) is 6.20 Å². The zero-order chi connectivity index (χ0) is 12.6. The van der Waals surface area contributed by atoms with Crippen molar-refractivity contribution < 1.29 is 4.74 Å². The standard InChI is InChI=1S/C10H14ClN5O/c1-6-8(5-14-15(6)2)16-9(17-3)7(11)4-13-10(16)12/h4-5,9H,1-3H3,(H2,12,13). The Hall–Kier alpha value is -1.53. The number of halogens is 1. The van der Waals surface area contributed by atoms with E-state index in [1.807, 2.05) is 14.0 Å². The van der Waals surface area contributed by atoms with E-state index >= 15 is 0 Å². The quantitative estimate of drug-likeness (QED) is 0.853. The maximum atomic E-state index is 6.06. The normalized spacial score (nSPS) is 20.2. The Morgan fingerprint density at radius 1 is 1.53 bits per heavy atom. The van der Waals surface area contributed by atoms with Crippen LogP contribution >= 0.6 is 11.6 Å². The van der Waals surface area contributed by atoms with Crippen molar-refractivity contribution in [1.82, 2.24) is 9.78 Å². The largest absolute Gasteiger partial charge is 0.369 e. The maximum Gasteiger partial charge on any atom is 0.203 e. The molecule has 1 aliphatic heterocycles. The van der Waals surface area contributed by atoms with Crippen molar-refractivity contribution in [3.8, 4) is 0 Å². The fraction of sp³-hybridized carbons (Fsp3) is 0.400. The fourth-order valence-electron chi connectivity index (χ4n) is 1.69. The van der Waals surface area contributed by atoms with E-state index in [2.05, 4.69) is 10.1 Å². The summed E-state index contributed by atoms with van der Waals surface area (Å²) in [6.07, 6.45) is 2.74. The third-order valence-electron chi connectivity index (χ3n) is 2.73. The Morgan fingerprint density at radius 2 is 2.24 bits per heavy atom. The summed E-state index contributed by atoms with van der Waals surface area (Å²) in [5.74, 6) is 0.331. The number of methoxy groups -OCH3 is 1. The molecule has 1 aromatic heterocycles. The zero-order valence-electron chi connectivity index (χ0n) is 9.88. The average molecular weight is 256 g/mol. The van der Waals surface area contributed by atoms with Gasteiger partial charge in [0, 0.05) is 20.4 Å². The number of hydrogen-bond donors (Lipinski definition) is 1. The molecule has 0 saturated heterocycles. The Labute approximate surface area is 104 Å². The summed E-state index contributed by atoms with van der Waals surface area (Å²) in [5.41, 5.74) is 7.65. The highest BCUT2D eigenvalue weighted by atomic mass is 35.5. The second kappa shape index (κ2) is 4.38. The number of aryl methyl sites for hydroxylation is 1. The number of hydrogen-bond acceptors (Lipinski definition) is 5. The van der Waals surface area contributed by atoms with Gasteiger partial charge in [-0.2, -0.15) is 5.10 Å². The second-order valence-electron chi connectivity index (χ2n) is 3.70. The van der Waals surface area contributed by atoms with Gasteiger partial charge < -0.3 is 10.5 Å². The third kappa shape index (κ3) is 1.89. The first-order valence-electron chi connectivity index (χ1n) is 5.05. The maximum absolute atomic E-state index is 6.06. The molecule has 6 nitrogen and oxygen atoms in total.